The number of carbonyl (C=O) groups excluding carboxylic acids is 1. The van der Waals surface area contributed by atoms with E-state index in [9.17, 15) is 23.7 Å². The molecule has 0 aliphatic carbocycles. The highest BCUT2D eigenvalue weighted by Crippen LogP contribution is 2.18. The predicted molar refractivity (Wildman–Crippen MR) is 70.6 cm³/mol. The summed E-state index contributed by atoms with van der Waals surface area (Å²) in [5.41, 5.74) is -0.574. The summed E-state index contributed by atoms with van der Waals surface area (Å²) < 4.78 is 26.5. The molecule has 1 N–H and O–H groups in total. The Bertz CT molecular complexity index is 704. The molecule has 0 unspecified atom stereocenters. The number of halogens is 2. The lowest BCUT2D eigenvalue weighted by Gasteiger charge is -2.06. The van der Waals surface area contributed by atoms with E-state index in [2.05, 4.69) is 5.32 Å². The van der Waals surface area contributed by atoms with Crippen LogP contribution in [0.5, 0.6) is 0 Å². The fourth-order valence-electron chi connectivity index (χ4n) is 1.71. The van der Waals surface area contributed by atoms with Crippen LogP contribution in [0.4, 0.5) is 14.5 Å². The molecule has 108 valence electrons. The molecule has 0 aromatic heterocycles. The van der Waals surface area contributed by atoms with Crippen molar-refractivity contribution in [2.75, 3.05) is 0 Å². The first-order valence-electron chi connectivity index (χ1n) is 5.94. The number of nitro groups is 1. The van der Waals surface area contributed by atoms with E-state index < -0.39 is 28.2 Å². The van der Waals surface area contributed by atoms with Crippen molar-refractivity contribution in [3.8, 4) is 0 Å². The molecule has 7 heteroatoms. The Morgan fingerprint density at radius 1 is 1.14 bits per heavy atom. The summed E-state index contributed by atoms with van der Waals surface area (Å²) in [6.07, 6.45) is 0. The topological polar surface area (TPSA) is 72.2 Å². The molecular formula is C14H10F2N2O3. The van der Waals surface area contributed by atoms with Crippen molar-refractivity contribution >= 4 is 11.6 Å². The van der Waals surface area contributed by atoms with Crippen molar-refractivity contribution in [3.63, 3.8) is 0 Å². The van der Waals surface area contributed by atoms with Crippen molar-refractivity contribution in [1.29, 1.82) is 0 Å². The summed E-state index contributed by atoms with van der Waals surface area (Å²) in [7, 11) is 0. The Hall–Kier alpha value is -2.83. The van der Waals surface area contributed by atoms with Crippen LogP contribution in [-0.4, -0.2) is 10.8 Å². The maximum Gasteiger partial charge on any atom is 0.305 e. The molecule has 0 radical (unpaired) electrons. The van der Waals surface area contributed by atoms with Crippen LogP contribution < -0.4 is 5.32 Å². The van der Waals surface area contributed by atoms with Crippen molar-refractivity contribution in [3.05, 3.63) is 75.3 Å². The highest BCUT2D eigenvalue weighted by atomic mass is 19.1. The Balaban J connectivity index is 2.12. The lowest BCUT2D eigenvalue weighted by atomic mass is 10.1. The van der Waals surface area contributed by atoms with Crippen LogP contribution in [0, 0.1) is 21.7 Å². The van der Waals surface area contributed by atoms with E-state index in [1.807, 2.05) is 0 Å². The van der Waals surface area contributed by atoms with Crippen molar-refractivity contribution in [2.24, 2.45) is 0 Å². The van der Waals surface area contributed by atoms with E-state index in [-0.39, 0.29) is 17.7 Å². The largest absolute Gasteiger partial charge is 0.348 e. The summed E-state index contributed by atoms with van der Waals surface area (Å²) in [5.74, 6) is -2.14. The number of nitro benzene ring substituents is 1. The maximum atomic E-state index is 13.4. The normalized spacial score (nSPS) is 10.2. The molecule has 0 aliphatic rings. The van der Waals surface area contributed by atoms with Crippen LogP contribution in [0.3, 0.4) is 0 Å². The second kappa shape index (κ2) is 6.08. The minimum atomic E-state index is -1.02. The Morgan fingerprint density at radius 3 is 2.52 bits per heavy atom. The second-order valence-corrected chi connectivity index (χ2v) is 4.20. The van der Waals surface area contributed by atoms with Crippen LogP contribution in [0.2, 0.25) is 0 Å². The Labute approximate surface area is 118 Å². The SMILES string of the molecule is O=C(NCc1ccccc1F)c1ccc(F)c([N+](=O)[O-])c1. The molecule has 0 spiro atoms. The number of nitrogens with zero attached hydrogens (tertiary/aromatic N) is 1. The van der Waals surface area contributed by atoms with Gasteiger partial charge in [0.2, 0.25) is 5.82 Å². The van der Waals surface area contributed by atoms with Crippen molar-refractivity contribution in [2.45, 2.75) is 6.54 Å². The zero-order valence-corrected chi connectivity index (χ0v) is 10.7. The van der Waals surface area contributed by atoms with Gasteiger partial charge in [-0.3, -0.25) is 14.9 Å². The van der Waals surface area contributed by atoms with Gasteiger partial charge in [0.05, 0.1) is 4.92 Å². The maximum absolute atomic E-state index is 13.4. The van der Waals surface area contributed by atoms with Gasteiger partial charge < -0.3 is 5.32 Å². The quantitative estimate of drug-likeness (QED) is 0.695. The molecule has 0 atom stereocenters. The minimum absolute atomic E-state index is 0.0700. The van der Waals surface area contributed by atoms with Crippen molar-refractivity contribution < 1.29 is 18.5 Å². The summed E-state index contributed by atoms with van der Waals surface area (Å²) in [4.78, 5) is 21.5. The highest BCUT2D eigenvalue weighted by Gasteiger charge is 2.17. The highest BCUT2D eigenvalue weighted by molar-refractivity contribution is 5.94. The molecule has 2 aromatic rings. The number of carbonyl (C=O) groups is 1. The first-order chi connectivity index (χ1) is 9.99. The number of hydrogen-bond acceptors (Lipinski definition) is 3. The van der Waals surface area contributed by atoms with E-state index in [4.69, 9.17) is 0 Å². The van der Waals surface area contributed by atoms with Gasteiger partial charge in [0.1, 0.15) is 5.82 Å². The van der Waals surface area contributed by atoms with E-state index in [1.54, 1.807) is 6.07 Å². The average Bonchev–Trinajstić information content (AvgIpc) is 2.46. The van der Waals surface area contributed by atoms with Crippen molar-refractivity contribution in [1.82, 2.24) is 5.32 Å². The van der Waals surface area contributed by atoms with E-state index in [0.29, 0.717) is 0 Å². The molecule has 0 aliphatic heterocycles. The second-order valence-electron chi connectivity index (χ2n) is 4.20. The van der Waals surface area contributed by atoms with Gasteiger partial charge in [0.15, 0.2) is 0 Å². The summed E-state index contributed by atoms with van der Waals surface area (Å²) in [6, 6.07) is 8.70. The van der Waals surface area contributed by atoms with Crippen LogP contribution in [0.1, 0.15) is 15.9 Å². The van der Waals surface area contributed by atoms with E-state index in [1.165, 1.54) is 18.2 Å². The average molecular weight is 292 g/mol. The van der Waals surface area contributed by atoms with Crippen LogP contribution in [0.25, 0.3) is 0 Å². The summed E-state index contributed by atoms with van der Waals surface area (Å²) >= 11 is 0. The Kier molecular flexibility index (Phi) is 4.22. The van der Waals surface area contributed by atoms with Gasteiger partial charge >= 0.3 is 5.69 Å². The zero-order valence-electron chi connectivity index (χ0n) is 10.7. The third-order valence-electron chi connectivity index (χ3n) is 2.80. The number of nitrogens with one attached hydrogen (secondary N) is 1. The van der Waals surface area contributed by atoms with Crippen LogP contribution in [-0.2, 0) is 6.54 Å². The van der Waals surface area contributed by atoms with Crippen LogP contribution >= 0.6 is 0 Å². The fraction of sp³-hybridized carbons (Fsp3) is 0.0714. The molecule has 0 fully saturated rings. The van der Waals surface area contributed by atoms with Gasteiger partial charge in [-0.25, -0.2) is 4.39 Å². The van der Waals surface area contributed by atoms with E-state index in [0.717, 1.165) is 18.2 Å². The van der Waals surface area contributed by atoms with E-state index >= 15 is 0 Å². The third-order valence-corrected chi connectivity index (χ3v) is 2.80. The molecule has 2 rings (SSSR count). The number of rotatable bonds is 4. The molecule has 0 heterocycles. The van der Waals surface area contributed by atoms with Gasteiger partial charge in [0.25, 0.3) is 5.91 Å². The third kappa shape index (κ3) is 3.38. The molecule has 1 amide bonds. The summed E-state index contributed by atoms with van der Waals surface area (Å²) in [6.45, 7) is -0.0727. The van der Waals surface area contributed by atoms with Gasteiger partial charge in [0, 0.05) is 23.7 Å². The molecule has 0 saturated carbocycles. The fourth-order valence-corrected chi connectivity index (χ4v) is 1.71. The standard InChI is InChI=1S/C14H10F2N2O3/c15-11-4-2-1-3-10(11)8-17-14(19)9-5-6-12(16)13(7-9)18(20)21/h1-7H,8H2,(H,17,19). The summed E-state index contributed by atoms with van der Waals surface area (Å²) in [5, 5.41) is 13.0. The van der Waals surface area contributed by atoms with Gasteiger partial charge in [-0.1, -0.05) is 18.2 Å². The first-order valence-corrected chi connectivity index (χ1v) is 5.94. The van der Waals surface area contributed by atoms with Gasteiger partial charge in [-0.05, 0) is 18.2 Å². The van der Waals surface area contributed by atoms with Gasteiger partial charge in [-0.2, -0.15) is 4.39 Å². The van der Waals surface area contributed by atoms with Crippen LogP contribution in [0.15, 0.2) is 42.5 Å². The molecule has 21 heavy (non-hydrogen) atoms. The lowest BCUT2D eigenvalue weighted by molar-refractivity contribution is -0.387. The first kappa shape index (κ1) is 14.6. The number of benzene rings is 2. The minimum Gasteiger partial charge on any atom is -0.348 e. The Morgan fingerprint density at radius 2 is 1.86 bits per heavy atom. The predicted octanol–water partition coefficient (Wildman–Crippen LogP) is 2.80. The lowest BCUT2D eigenvalue weighted by Crippen LogP contribution is -2.23. The molecular weight excluding hydrogens is 282 g/mol. The monoisotopic (exact) mass is 292 g/mol. The molecule has 0 saturated heterocycles. The number of amides is 1. The number of hydrogen-bond donors (Lipinski definition) is 1. The molecule has 2 aromatic carbocycles. The van der Waals surface area contributed by atoms with Gasteiger partial charge in [-0.15, -0.1) is 0 Å². The zero-order chi connectivity index (χ0) is 15.4. The molecule has 5 nitrogen and oxygen atoms in total. The smallest absolute Gasteiger partial charge is 0.305 e. The molecule has 0 bridgehead atoms.